The number of rotatable bonds is 3. The molecule has 5 nitrogen and oxygen atoms in total. The van der Waals surface area contributed by atoms with E-state index in [-0.39, 0.29) is 28.9 Å². The number of nitrogens with zero attached hydrogens (tertiary/aromatic N) is 3. The summed E-state index contributed by atoms with van der Waals surface area (Å²) in [5, 5.41) is 4.49. The third-order valence-corrected chi connectivity index (χ3v) is 5.24. The lowest BCUT2D eigenvalue weighted by molar-refractivity contribution is -0.137. The van der Waals surface area contributed by atoms with Gasteiger partial charge in [0.05, 0.1) is 28.8 Å². The Morgan fingerprint density at radius 1 is 0.806 bits per heavy atom. The van der Waals surface area contributed by atoms with Crippen molar-refractivity contribution < 1.29 is 22.8 Å². The number of hydrogen-bond acceptors (Lipinski definition) is 3. The predicted molar refractivity (Wildman–Crippen MR) is 108 cm³/mol. The maximum atomic E-state index is 13.4. The number of hydrogen-bond donors (Lipinski definition) is 0. The van der Waals surface area contributed by atoms with Crippen LogP contribution in [0.15, 0.2) is 72.8 Å². The molecule has 4 aromatic rings. The van der Waals surface area contributed by atoms with E-state index in [0.29, 0.717) is 5.52 Å². The van der Waals surface area contributed by atoms with Gasteiger partial charge in [0.2, 0.25) is 0 Å². The Kier molecular flexibility index (Phi) is 4.18. The molecule has 154 valence electrons. The van der Waals surface area contributed by atoms with Crippen molar-refractivity contribution in [1.29, 1.82) is 0 Å². The van der Waals surface area contributed by atoms with Gasteiger partial charge in [-0.05, 0) is 35.9 Å². The quantitative estimate of drug-likeness (QED) is 0.442. The first-order chi connectivity index (χ1) is 14.8. The lowest BCUT2D eigenvalue weighted by Gasteiger charge is -2.11. The number of carbonyl (C=O) groups is 2. The minimum Gasteiger partial charge on any atom is -0.268 e. The molecule has 0 saturated heterocycles. The molecular formula is C23H14F3N3O2. The van der Waals surface area contributed by atoms with Crippen molar-refractivity contribution in [2.75, 3.05) is 4.90 Å². The maximum absolute atomic E-state index is 13.4. The second-order valence-electron chi connectivity index (χ2n) is 7.19. The number of anilines is 1. The van der Waals surface area contributed by atoms with E-state index in [4.69, 9.17) is 0 Å². The molecule has 2 heterocycles. The molecule has 0 unspecified atom stereocenters. The number of halogens is 3. The van der Waals surface area contributed by atoms with E-state index in [0.717, 1.165) is 22.6 Å². The number of imide groups is 1. The van der Waals surface area contributed by atoms with Crippen LogP contribution in [0.1, 0.15) is 31.8 Å². The fourth-order valence-electron chi connectivity index (χ4n) is 3.76. The lowest BCUT2D eigenvalue weighted by atomic mass is 10.1. The number of alkyl halides is 3. The summed E-state index contributed by atoms with van der Waals surface area (Å²) in [4.78, 5) is 26.7. The van der Waals surface area contributed by atoms with Crippen LogP contribution in [-0.2, 0) is 12.7 Å². The van der Waals surface area contributed by atoms with Crippen LogP contribution in [0.5, 0.6) is 0 Å². The summed E-state index contributed by atoms with van der Waals surface area (Å²) >= 11 is 0. The maximum Gasteiger partial charge on any atom is 0.416 e. The summed E-state index contributed by atoms with van der Waals surface area (Å²) in [6.45, 7) is 0.270. The van der Waals surface area contributed by atoms with Gasteiger partial charge in [0.25, 0.3) is 11.8 Å². The first-order valence-corrected chi connectivity index (χ1v) is 9.44. The fraction of sp³-hybridized carbons (Fsp3) is 0.0870. The van der Waals surface area contributed by atoms with Crippen molar-refractivity contribution in [2.24, 2.45) is 0 Å². The zero-order valence-corrected chi connectivity index (χ0v) is 15.9. The molecular weight excluding hydrogens is 407 g/mol. The highest BCUT2D eigenvalue weighted by molar-refractivity contribution is 6.35. The third-order valence-electron chi connectivity index (χ3n) is 5.24. The molecule has 3 aromatic carbocycles. The number of amides is 2. The fourth-order valence-corrected chi connectivity index (χ4v) is 3.76. The Labute approximate surface area is 174 Å². The number of aromatic nitrogens is 2. The number of carbonyl (C=O) groups excluding carboxylic acids is 2. The van der Waals surface area contributed by atoms with E-state index in [9.17, 15) is 22.8 Å². The van der Waals surface area contributed by atoms with Gasteiger partial charge in [0.15, 0.2) is 5.82 Å². The summed E-state index contributed by atoms with van der Waals surface area (Å²) in [6, 6.07) is 18.8. The SMILES string of the molecule is O=C1c2ccccc2C(=O)N1c1nn(Cc2ccccc2)c2ccc(C(F)(F)F)cc12. The summed E-state index contributed by atoms with van der Waals surface area (Å²) in [6.07, 6.45) is -4.57. The van der Waals surface area contributed by atoms with Crippen molar-refractivity contribution in [2.45, 2.75) is 12.7 Å². The largest absolute Gasteiger partial charge is 0.416 e. The topological polar surface area (TPSA) is 55.2 Å². The van der Waals surface area contributed by atoms with E-state index >= 15 is 0 Å². The molecule has 0 saturated carbocycles. The Hall–Kier alpha value is -3.94. The molecule has 5 rings (SSSR count). The molecule has 0 atom stereocenters. The van der Waals surface area contributed by atoms with Crippen molar-refractivity contribution in [1.82, 2.24) is 9.78 Å². The van der Waals surface area contributed by atoms with E-state index in [1.54, 1.807) is 12.1 Å². The number of benzene rings is 3. The average Bonchev–Trinajstić information content (AvgIpc) is 3.23. The molecule has 0 fully saturated rings. The van der Waals surface area contributed by atoms with Crippen LogP contribution in [0, 0.1) is 0 Å². The van der Waals surface area contributed by atoms with Crippen LogP contribution in [0.4, 0.5) is 19.0 Å². The molecule has 0 aliphatic carbocycles. The summed E-state index contributed by atoms with van der Waals surface area (Å²) in [5.74, 6) is -1.32. The molecule has 0 N–H and O–H groups in total. The molecule has 0 radical (unpaired) electrons. The lowest BCUT2D eigenvalue weighted by Crippen LogP contribution is -2.30. The van der Waals surface area contributed by atoms with Gasteiger partial charge in [-0.1, -0.05) is 42.5 Å². The zero-order valence-electron chi connectivity index (χ0n) is 15.9. The summed E-state index contributed by atoms with van der Waals surface area (Å²) in [5.41, 5.74) is 0.789. The van der Waals surface area contributed by atoms with Gasteiger partial charge in [0.1, 0.15) is 0 Å². The monoisotopic (exact) mass is 421 g/mol. The van der Waals surface area contributed by atoms with Crippen LogP contribution >= 0.6 is 0 Å². The van der Waals surface area contributed by atoms with E-state index < -0.39 is 23.6 Å². The number of fused-ring (bicyclic) bond motifs is 2. The average molecular weight is 421 g/mol. The Morgan fingerprint density at radius 3 is 2.03 bits per heavy atom. The molecule has 1 aliphatic rings. The first-order valence-electron chi connectivity index (χ1n) is 9.44. The van der Waals surface area contributed by atoms with Gasteiger partial charge in [0, 0.05) is 5.39 Å². The smallest absolute Gasteiger partial charge is 0.268 e. The van der Waals surface area contributed by atoms with Gasteiger partial charge in [-0.25, -0.2) is 4.90 Å². The van der Waals surface area contributed by atoms with Crippen LogP contribution < -0.4 is 4.90 Å². The van der Waals surface area contributed by atoms with Gasteiger partial charge in [-0.15, -0.1) is 0 Å². The van der Waals surface area contributed by atoms with Crippen molar-refractivity contribution >= 4 is 28.5 Å². The highest BCUT2D eigenvalue weighted by atomic mass is 19.4. The Morgan fingerprint density at radius 2 is 1.42 bits per heavy atom. The van der Waals surface area contributed by atoms with E-state index in [1.807, 2.05) is 30.3 Å². The molecule has 1 aromatic heterocycles. The molecule has 0 bridgehead atoms. The van der Waals surface area contributed by atoms with Crippen LogP contribution in [0.3, 0.4) is 0 Å². The first kappa shape index (κ1) is 19.0. The second-order valence-corrected chi connectivity index (χ2v) is 7.19. The van der Waals surface area contributed by atoms with Crippen LogP contribution in [-0.4, -0.2) is 21.6 Å². The van der Waals surface area contributed by atoms with Gasteiger partial charge < -0.3 is 0 Å². The summed E-state index contributed by atoms with van der Waals surface area (Å²) in [7, 11) is 0. The predicted octanol–water partition coefficient (Wildman–Crippen LogP) is 4.90. The standard InChI is InChI=1S/C23H14F3N3O2/c24-23(25,26)15-10-11-19-18(12-15)20(27-28(19)13-14-6-2-1-3-7-14)29-21(30)16-8-4-5-9-17(16)22(29)31/h1-12H,13H2. The second kappa shape index (κ2) is 6.80. The Bertz CT molecular complexity index is 1310. The molecule has 2 amide bonds. The molecule has 0 spiro atoms. The van der Waals surface area contributed by atoms with Crippen LogP contribution in [0.25, 0.3) is 10.9 Å². The van der Waals surface area contributed by atoms with Gasteiger partial charge in [-0.2, -0.15) is 18.3 Å². The van der Waals surface area contributed by atoms with E-state index in [2.05, 4.69) is 5.10 Å². The van der Waals surface area contributed by atoms with Crippen molar-refractivity contribution in [3.05, 3.63) is 95.1 Å². The van der Waals surface area contributed by atoms with Gasteiger partial charge in [-0.3, -0.25) is 14.3 Å². The van der Waals surface area contributed by atoms with E-state index in [1.165, 1.54) is 22.9 Å². The van der Waals surface area contributed by atoms with Gasteiger partial charge >= 0.3 is 6.18 Å². The zero-order chi connectivity index (χ0) is 21.8. The van der Waals surface area contributed by atoms with Crippen molar-refractivity contribution in [3.8, 4) is 0 Å². The minimum absolute atomic E-state index is 0.0836. The highest BCUT2D eigenvalue weighted by Crippen LogP contribution is 2.37. The van der Waals surface area contributed by atoms with Crippen molar-refractivity contribution in [3.63, 3.8) is 0 Å². The molecule has 31 heavy (non-hydrogen) atoms. The van der Waals surface area contributed by atoms with Crippen LogP contribution in [0.2, 0.25) is 0 Å². The molecule has 8 heteroatoms. The third kappa shape index (κ3) is 3.07. The normalized spacial score (nSPS) is 13.8. The molecule has 1 aliphatic heterocycles. The summed E-state index contributed by atoms with van der Waals surface area (Å²) < 4.78 is 41.6. The minimum atomic E-state index is -4.57. The highest BCUT2D eigenvalue weighted by Gasteiger charge is 2.39. The Balaban J connectivity index is 1.70.